The predicted molar refractivity (Wildman–Crippen MR) is 92.9 cm³/mol. The lowest BCUT2D eigenvalue weighted by atomic mass is 10.1. The van der Waals surface area contributed by atoms with E-state index in [4.69, 9.17) is 11.6 Å². The smallest absolute Gasteiger partial charge is 0.246 e. The van der Waals surface area contributed by atoms with Gasteiger partial charge in [-0.25, -0.2) is 4.98 Å². The molecule has 0 radical (unpaired) electrons. The van der Waals surface area contributed by atoms with Gasteiger partial charge in [-0.2, -0.15) is 0 Å². The van der Waals surface area contributed by atoms with Gasteiger partial charge in [0.15, 0.2) is 0 Å². The highest BCUT2D eigenvalue weighted by Gasteiger charge is 2.09. The van der Waals surface area contributed by atoms with Crippen LogP contribution < -0.4 is 10.6 Å². The number of carbonyl (C=O) groups is 2. The number of para-hydroxylation sites is 2. The van der Waals surface area contributed by atoms with Gasteiger partial charge >= 0.3 is 0 Å². The zero-order valence-corrected chi connectivity index (χ0v) is 13.4. The molecular weight excluding hydrogens is 328 g/mol. The van der Waals surface area contributed by atoms with Crippen molar-refractivity contribution in [3.8, 4) is 0 Å². The molecule has 0 unspecified atom stereocenters. The van der Waals surface area contributed by atoms with Gasteiger partial charge in [-0.15, -0.1) is 0 Å². The van der Waals surface area contributed by atoms with E-state index in [1.165, 1.54) is 0 Å². The summed E-state index contributed by atoms with van der Waals surface area (Å²) < 4.78 is 0. The first-order valence-corrected chi connectivity index (χ1v) is 7.74. The lowest BCUT2D eigenvalue weighted by Gasteiger charge is -2.05. The van der Waals surface area contributed by atoms with Crippen LogP contribution in [0.2, 0.25) is 5.02 Å². The number of H-pyrrole nitrogens is 1. The maximum atomic E-state index is 11.9. The summed E-state index contributed by atoms with van der Waals surface area (Å²) in [6.45, 7) is -0.122. The Hall–Kier alpha value is -2.86. The number of fused-ring (bicyclic) bond motifs is 1. The molecule has 1 heterocycles. The van der Waals surface area contributed by atoms with Crippen LogP contribution in [-0.4, -0.2) is 28.3 Å². The number of amides is 2. The van der Waals surface area contributed by atoms with Gasteiger partial charge in [-0.3, -0.25) is 14.9 Å². The summed E-state index contributed by atoms with van der Waals surface area (Å²) in [5.41, 5.74) is 2.42. The van der Waals surface area contributed by atoms with Crippen molar-refractivity contribution in [2.24, 2.45) is 0 Å². The highest BCUT2D eigenvalue weighted by atomic mass is 35.5. The Kier molecular flexibility index (Phi) is 4.77. The summed E-state index contributed by atoms with van der Waals surface area (Å²) in [4.78, 5) is 31.0. The van der Waals surface area contributed by atoms with Crippen LogP contribution in [0.4, 0.5) is 5.95 Å². The molecule has 0 atom stereocenters. The van der Waals surface area contributed by atoms with Crippen molar-refractivity contribution >= 4 is 40.4 Å². The highest BCUT2D eigenvalue weighted by molar-refractivity contribution is 6.30. The average molecular weight is 343 g/mol. The van der Waals surface area contributed by atoms with Gasteiger partial charge in [0.2, 0.25) is 17.8 Å². The van der Waals surface area contributed by atoms with Gasteiger partial charge in [-0.05, 0) is 29.8 Å². The Morgan fingerprint density at radius 1 is 1.04 bits per heavy atom. The van der Waals surface area contributed by atoms with Gasteiger partial charge in [0, 0.05) is 5.02 Å². The Morgan fingerprint density at radius 2 is 1.79 bits per heavy atom. The first-order valence-electron chi connectivity index (χ1n) is 7.36. The van der Waals surface area contributed by atoms with E-state index >= 15 is 0 Å². The molecule has 0 aliphatic carbocycles. The molecule has 2 amide bonds. The number of nitrogens with one attached hydrogen (secondary N) is 3. The van der Waals surface area contributed by atoms with Crippen molar-refractivity contribution < 1.29 is 9.59 Å². The standard InChI is InChI=1S/C17H15ClN4O2/c18-12-7-5-11(6-8-12)9-15(23)19-10-16(24)22-17-20-13-3-1-2-4-14(13)21-17/h1-8H,9-10H2,(H,19,23)(H2,20,21,22,24). The van der Waals surface area contributed by atoms with E-state index in [9.17, 15) is 9.59 Å². The summed E-state index contributed by atoms with van der Waals surface area (Å²) in [7, 11) is 0. The van der Waals surface area contributed by atoms with Crippen LogP contribution in [0, 0.1) is 0 Å². The molecule has 0 saturated heterocycles. The van der Waals surface area contributed by atoms with Crippen LogP contribution in [0.15, 0.2) is 48.5 Å². The molecule has 3 aromatic rings. The molecule has 0 fully saturated rings. The number of imidazole rings is 1. The minimum Gasteiger partial charge on any atom is -0.347 e. The molecule has 0 bridgehead atoms. The Labute approximate surface area is 143 Å². The zero-order valence-electron chi connectivity index (χ0n) is 12.7. The van der Waals surface area contributed by atoms with Crippen molar-refractivity contribution in [3.05, 3.63) is 59.1 Å². The van der Waals surface area contributed by atoms with Crippen LogP contribution in [0.5, 0.6) is 0 Å². The molecule has 0 spiro atoms. The van der Waals surface area contributed by atoms with Crippen molar-refractivity contribution in [1.29, 1.82) is 0 Å². The van der Waals surface area contributed by atoms with E-state index in [1.54, 1.807) is 24.3 Å². The second-order valence-electron chi connectivity index (χ2n) is 5.23. The Balaban J connectivity index is 1.49. The molecule has 0 aliphatic heterocycles. The van der Waals surface area contributed by atoms with Gasteiger partial charge in [0.25, 0.3) is 0 Å². The number of aromatic nitrogens is 2. The lowest BCUT2D eigenvalue weighted by molar-refractivity contribution is -0.123. The van der Waals surface area contributed by atoms with Crippen LogP contribution in [-0.2, 0) is 16.0 Å². The molecule has 2 aromatic carbocycles. The van der Waals surface area contributed by atoms with Crippen LogP contribution in [0.1, 0.15) is 5.56 Å². The van der Waals surface area contributed by atoms with E-state index in [0.29, 0.717) is 11.0 Å². The quantitative estimate of drug-likeness (QED) is 0.665. The zero-order chi connectivity index (χ0) is 16.9. The first kappa shape index (κ1) is 16.0. The number of aromatic amines is 1. The van der Waals surface area contributed by atoms with E-state index in [1.807, 2.05) is 24.3 Å². The summed E-state index contributed by atoms with van der Waals surface area (Å²) in [6.07, 6.45) is 0.190. The van der Waals surface area contributed by atoms with Gasteiger partial charge in [0.1, 0.15) is 0 Å². The molecule has 7 heteroatoms. The molecule has 1 aromatic heterocycles. The van der Waals surface area contributed by atoms with Crippen LogP contribution in [0.3, 0.4) is 0 Å². The first-order chi connectivity index (χ1) is 11.6. The predicted octanol–water partition coefficient (Wildman–Crippen LogP) is 2.51. The van der Waals surface area contributed by atoms with E-state index in [0.717, 1.165) is 16.6 Å². The minimum absolute atomic E-state index is 0.122. The van der Waals surface area contributed by atoms with Crippen molar-refractivity contribution in [2.75, 3.05) is 11.9 Å². The number of hydrogen-bond donors (Lipinski definition) is 3. The van der Waals surface area contributed by atoms with Crippen LogP contribution >= 0.6 is 11.6 Å². The number of hydrogen-bond acceptors (Lipinski definition) is 3. The summed E-state index contributed by atoms with van der Waals surface area (Å²) in [5, 5.41) is 5.81. The van der Waals surface area contributed by atoms with Crippen molar-refractivity contribution in [2.45, 2.75) is 6.42 Å². The third-order valence-corrected chi connectivity index (χ3v) is 3.62. The lowest BCUT2D eigenvalue weighted by Crippen LogP contribution is -2.34. The molecule has 24 heavy (non-hydrogen) atoms. The second kappa shape index (κ2) is 7.14. The third kappa shape index (κ3) is 4.11. The fourth-order valence-corrected chi connectivity index (χ4v) is 2.34. The number of anilines is 1. The number of nitrogens with zero attached hydrogens (tertiary/aromatic N) is 1. The van der Waals surface area contributed by atoms with Crippen molar-refractivity contribution in [3.63, 3.8) is 0 Å². The van der Waals surface area contributed by atoms with E-state index < -0.39 is 0 Å². The molecule has 3 rings (SSSR count). The fourth-order valence-electron chi connectivity index (χ4n) is 2.22. The molecule has 3 N–H and O–H groups in total. The second-order valence-corrected chi connectivity index (χ2v) is 5.67. The Morgan fingerprint density at radius 3 is 2.54 bits per heavy atom. The third-order valence-electron chi connectivity index (χ3n) is 3.37. The van der Waals surface area contributed by atoms with Crippen molar-refractivity contribution in [1.82, 2.24) is 15.3 Å². The maximum Gasteiger partial charge on any atom is 0.246 e. The van der Waals surface area contributed by atoms with Gasteiger partial charge < -0.3 is 10.3 Å². The normalized spacial score (nSPS) is 10.5. The minimum atomic E-state index is -0.349. The SMILES string of the molecule is O=C(Cc1ccc(Cl)cc1)NCC(=O)Nc1nc2ccccc2[nH]1. The highest BCUT2D eigenvalue weighted by Crippen LogP contribution is 2.13. The topological polar surface area (TPSA) is 86.9 Å². The number of benzene rings is 2. The monoisotopic (exact) mass is 342 g/mol. The van der Waals surface area contributed by atoms with E-state index in [2.05, 4.69) is 20.6 Å². The maximum absolute atomic E-state index is 11.9. The molecule has 0 saturated carbocycles. The Bertz CT molecular complexity index is 841. The molecule has 122 valence electrons. The summed E-state index contributed by atoms with van der Waals surface area (Å²) >= 11 is 5.79. The molecule has 6 nitrogen and oxygen atoms in total. The summed E-state index contributed by atoms with van der Waals surface area (Å²) in [6, 6.07) is 14.4. The van der Waals surface area contributed by atoms with Crippen LogP contribution in [0.25, 0.3) is 11.0 Å². The van der Waals surface area contributed by atoms with Gasteiger partial charge in [0.05, 0.1) is 24.0 Å². The largest absolute Gasteiger partial charge is 0.347 e. The molecule has 0 aliphatic rings. The summed E-state index contributed by atoms with van der Waals surface area (Å²) in [5.74, 6) is -0.233. The fraction of sp³-hybridized carbons (Fsp3) is 0.118. The molecular formula is C17H15ClN4O2. The average Bonchev–Trinajstić information content (AvgIpc) is 2.97. The van der Waals surface area contributed by atoms with E-state index in [-0.39, 0.29) is 24.8 Å². The number of rotatable bonds is 5. The number of halogens is 1. The number of carbonyl (C=O) groups excluding carboxylic acids is 2. The van der Waals surface area contributed by atoms with Gasteiger partial charge in [-0.1, -0.05) is 35.9 Å².